The maximum atomic E-state index is 15.2. The fourth-order valence-electron chi connectivity index (χ4n) is 9.58. The van der Waals surface area contributed by atoms with Crippen molar-refractivity contribution < 1.29 is 66.1 Å². The van der Waals surface area contributed by atoms with Gasteiger partial charge in [0, 0.05) is 77.1 Å². The number of carbonyl (C=O) groups is 9. The molecule has 420 valence electrons. The summed E-state index contributed by atoms with van der Waals surface area (Å²) in [7, 11) is 0. The summed E-state index contributed by atoms with van der Waals surface area (Å²) in [6, 6.07) is 13.4. The van der Waals surface area contributed by atoms with Crippen molar-refractivity contribution in [3.63, 3.8) is 0 Å². The van der Waals surface area contributed by atoms with Crippen LogP contribution in [0.5, 0.6) is 0 Å². The van der Waals surface area contributed by atoms with E-state index >= 15 is 8.78 Å². The van der Waals surface area contributed by atoms with E-state index < -0.39 is 78.4 Å². The maximum Gasteiger partial charge on any atom is 0.407 e. The minimum atomic E-state index is -3.64. The number of hydrogen-bond donors (Lipinski definition) is 5. The number of esters is 2. The van der Waals surface area contributed by atoms with Crippen LogP contribution in [0.2, 0.25) is 0 Å². The number of amides is 7. The molecular weight excluding hydrogens is 1100 g/mol. The van der Waals surface area contributed by atoms with Crippen LogP contribution in [0.25, 0.3) is 22.3 Å². The molecule has 2 aromatic carbocycles. The Morgan fingerprint density at radius 2 is 1.67 bits per heavy atom. The lowest BCUT2D eigenvalue weighted by atomic mass is 9.85. The zero-order valence-corrected chi connectivity index (χ0v) is 45.3. The van der Waals surface area contributed by atoms with Crippen molar-refractivity contribution in [1.82, 2.24) is 30.4 Å². The number of nitrogens with zero attached hydrogens (tertiary/aromatic N) is 3. The Labute approximate surface area is 460 Å². The summed E-state index contributed by atoms with van der Waals surface area (Å²) in [4.78, 5) is 134. The average molecular weight is 1160 g/mol. The minimum absolute atomic E-state index is 0.0847. The first-order valence-corrected chi connectivity index (χ1v) is 26.7. The summed E-state index contributed by atoms with van der Waals surface area (Å²) in [6.45, 7) is 3.66. The number of imide groups is 1. The number of halogens is 3. The topological polar surface area (TPSA) is 294 Å². The molecule has 24 heteroatoms. The van der Waals surface area contributed by atoms with Crippen LogP contribution in [0.1, 0.15) is 107 Å². The Kier molecular flexibility index (Phi) is 19.1. The van der Waals surface area contributed by atoms with Gasteiger partial charge in [-0.25, -0.2) is 28.1 Å². The van der Waals surface area contributed by atoms with E-state index in [0.717, 1.165) is 20.3 Å². The summed E-state index contributed by atoms with van der Waals surface area (Å²) in [6.07, 6.45) is 0.909. The molecule has 0 bridgehead atoms. The molecule has 5 heterocycles. The van der Waals surface area contributed by atoms with E-state index in [9.17, 15) is 47.9 Å². The molecule has 3 aliphatic heterocycles. The third-order valence-corrected chi connectivity index (χ3v) is 14.6. The number of alkyl halides is 2. The molecule has 0 fully saturated rings. The SMILES string of the molecule is CC[C@@]1(OC(=O)CCC(F)(F)CNC(=O)OCc2ccc(NC(=O)[C@H](CCCNC(N)=O)CC(=O)[C@@H](NC(=O)CCCCCN3C(=O)C=CC3=O)C(C)C)cc2)C(=O)OCc2c1cc1n(c2=O)Cc2cc3c(Br)cccc3nc2-1. The minimum Gasteiger partial charge on any atom is -0.457 e. The molecule has 0 saturated carbocycles. The number of rotatable bonds is 26. The Balaban J connectivity index is 0.874. The van der Waals surface area contributed by atoms with Crippen molar-refractivity contribution in [1.29, 1.82) is 0 Å². The quantitative estimate of drug-likeness (QED) is 0.0175. The monoisotopic (exact) mass is 1160 g/mol. The number of nitrogens with two attached hydrogens (primary N) is 1. The first-order valence-electron chi connectivity index (χ1n) is 25.9. The van der Waals surface area contributed by atoms with Crippen molar-refractivity contribution in [3.05, 3.63) is 104 Å². The van der Waals surface area contributed by atoms with Gasteiger partial charge >= 0.3 is 24.1 Å². The van der Waals surface area contributed by atoms with Gasteiger partial charge in [0.15, 0.2) is 5.78 Å². The van der Waals surface area contributed by atoms with Crippen molar-refractivity contribution in [2.45, 2.75) is 122 Å². The Morgan fingerprint density at radius 1 is 0.937 bits per heavy atom. The molecule has 3 aliphatic rings. The van der Waals surface area contributed by atoms with Crippen LogP contribution in [-0.2, 0) is 73.1 Å². The molecule has 3 atom stereocenters. The third kappa shape index (κ3) is 14.4. The van der Waals surface area contributed by atoms with Gasteiger partial charge in [0.05, 0.1) is 48.0 Å². The number of primary amides is 1. The number of unbranched alkanes of at least 4 members (excludes halogenated alkanes) is 2. The smallest absolute Gasteiger partial charge is 0.407 e. The van der Waals surface area contributed by atoms with Crippen LogP contribution in [0.3, 0.4) is 0 Å². The van der Waals surface area contributed by atoms with E-state index in [1.807, 2.05) is 29.6 Å². The zero-order chi connectivity index (χ0) is 57.2. The molecule has 6 N–H and O–H groups in total. The molecule has 0 unspecified atom stereocenters. The molecule has 7 amide bonds. The molecule has 4 aromatic rings. The summed E-state index contributed by atoms with van der Waals surface area (Å²) < 4.78 is 48.8. The van der Waals surface area contributed by atoms with Gasteiger partial charge in [-0.05, 0) is 80.0 Å². The molecule has 7 rings (SSSR count). The van der Waals surface area contributed by atoms with Gasteiger partial charge in [-0.3, -0.25) is 38.5 Å². The molecule has 0 spiro atoms. The van der Waals surface area contributed by atoms with Crippen LogP contribution >= 0.6 is 15.9 Å². The van der Waals surface area contributed by atoms with Crippen LogP contribution in [0.15, 0.2) is 76.0 Å². The number of cyclic esters (lactones) is 1. The number of alkyl carbamates (subject to hydrolysis) is 1. The fraction of sp³-hybridized carbons (Fsp3) is 0.436. The lowest BCUT2D eigenvalue weighted by molar-refractivity contribution is -0.190. The number of Topliss-reactive ketones (excluding diaryl/α,β-unsaturated/α-hetero) is 1. The van der Waals surface area contributed by atoms with E-state index in [2.05, 4.69) is 31.9 Å². The lowest BCUT2D eigenvalue weighted by Crippen LogP contribution is -2.47. The van der Waals surface area contributed by atoms with E-state index in [4.69, 9.17) is 24.9 Å². The number of benzene rings is 2. The molecule has 79 heavy (non-hydrogen) atoms. The fourth-order valence-corrected chi connectivity index (χ4v) is 10.0. The van der Waals surface area contributed by atoms with Crippen LogP contribution < -0.4 is 32.6 Å². The largest absolute Gasteiger partial charge is 0.457 e. The van der Waals surface area contributed by atoms with Crippen molar-refractivity contribution in [3.8, 4) is 11.4 Å². The number of fused-ring (bicyclic) bond motifs is 5. The highest BCUT2D eigenvalue weighted by Gasteiger charge is 2.51. The van der Waals surface area contributed by atoms with Gasteiger partial charge in [0.2, 0.25) is 17.4 Å². The second kappa shape index (κ2) is 25.7. The highest BCUT2D eigenvalue weighted by Crippen LogP contribution is 2.42. The molecule has 0 saturated heterocycles. The Bertz CT molecular complexity index is 3130. The molecule has 2 aromatic heterocycles. The van der Waals surface area contributed by atoms with Crippen LogP contribution in [0.4, 0.5) is 24.1 Å². The Hall–Kier alpha value is -7.89. The van der Waals surface area contributed by atoms with Gasteiger partial charge in [0.1, 0.15) is 13.2 Å². The van der Waals surface area contributed by atoms with Crippen LogP contribution in [0, 0.1) is 11.8 Å². The molecule has 0 radical (unpaired) electrons. The van der Waals surface area contributed by atoms with Gasteiger partial charge in [-0.2, -0.15) is 0 Å². The summed E-state index contributed by atoms with van der Waals surface area (Å²) >= 11 is 3.54. The number of pyridine rings is 2. The maximum absolute atomic E-state index is 15.2. The van der Waals surface area contributed by atoms with E-state index in [1.54, 1.807) is 19.9 Å². The second-order valence-corrected chi connectivity index (χ2v) is 20.7. The van der Waals surface area contributed by atoms with E-state index in [0.29, 0.717) is 53.8 Å². The number of nitrogens with one attached hydrogen (secondary N) is 4. The lowest BCUT2D eigenvalue weighted by Gasteiger charge is -2.35. The number of urea groups is 1. The highest BCUT2D eigenvalue weighted by molar-refractivity contribution is 9.10. The number of ether oxygens (including phenoxy) is 3. The van der Waals surface area contributed by atoms with E-state index in [1.165, 1.54) is 47.9 Å². The zero-order valence-electron chi connectivity index (χ0n) is 43.8. The summed E-state index contributed by atoms with van der Waals surface area (Å²) in [5, 5.41) is 10.8. The first kappa shape index (κ1) is 58.8. The number of ketones is 1. The second-order valence-electron chi connectivity index (χ2n) is 19.9. The number of hydrogen-bond acceptors (Lipinski definition) is 14. The molecule has 21 nitrogen and oxygen atoms in total. The Morgan fingerprint density at radius 3 is 2.37 bits per heavy atom. The predicted molar refractivity (Wildman–Crippen MR) is 285 cm³/mol. The summed E-state index contributed by atoms with van der Waals surface area (Å²) in [5.74, 6) is -9.02. The highest BCUT2D eigenvalue weighted by atomic mass is 79.9. The van der Waals surface area contributed by atoms with Gasteiger partial charge in [-0.1, -0.05) is 61.3 Å². The van der Waals surface area contributed by atoms with E-state index in [-0.39, 0.29) is 99.1 Å². The predicted octanol–water partition coefficient (Wildman–Crippen LogP) is 6.32. The summed E-state index contributed by atoms with van der Waals surface area (Å²) in [5.41, 5.74) is 5.82. The van der Waals surface area contributed by atoms with Crippen LogP contribution in [-0.4, -0.2) is 99.5 Å². The molecular formula is C55H61BrF2N8O13. The van der Waals surface area contributed by atoms with Gasteiger partial charge in [0.25, 0.3) is 23.3 Å². The van der Waals surface area contributed by atoms with Crippen molar-refractivity contribution >= 4 is 86.0 Å². The van der Waals surface area contributed by atoms with Gasteiger partial charge in [-0.15, -0.1) is 0 Å². The van der Waals surface area contributed by atoms with Crippen molar-refractivity contribution in [2.24, 2.45) is 17.6 Å². The number of carbonyl (C=O) groups excluding carboxylic acids is 9. The van der Waals surface area contributed by atoms with Gasteiger partial charge < -0.3 is 45.8 Å². The first-order chi connectivity index (χ1) is 37.6. The normalized spacial score (nSPS) is 16.1. The number of aromatic nitrogens is 2. The van der Waals surface area contributed by atoms with Crippen molar-refractivity contribution in [2.75, 3.05) is 25.0 Å². The standard InChI is InChI=1S/C55H61BrF2N8O13/c1-4-55(38-26-41-48-34(24-36-39(56)11-8-12-40(36)63-48)27-66(41)50(73)37(38)29-77-51(55)74)79-46(71)20-21-54(57,58)30-61-53(76)78-28-32-14-16-35(17-15-32)62-49(72)33(10-9-22-60-52(59)75)25-42(67)47(31(2)3)64-43(68)13-6-5-7-23-65-44(69)18-19-45(65)70/h8,11-12,14-19,24,26,31,33,47H,4-7,9-10,13,20-23,25,27-30H2,1-3H3,(H,61,76)(H,62,72)(H,64,68)(H3,59,60,75)/t33-,47+,55+/m1/s1. The molecule has 0 aliphatic carbocycles. The third-order valence-electron chi connectivity index (χ3n) is 13.9. The average Bonchev–Trinajstić information content (AvgIpc) is 4.20. The number of anilines is 1.